The Morgan fingerprint density at radius 1 is 1.26 bits per heavy atom. The maximum Gasteiger partial charge on any atom is 0.225 e. The van der Waals surface area contributed by atoms with E-state index < -0.39 is 0 Å². The van der Waals surface area contributed by atoms with Gasteiger partial charge in [0.15, 0.2) is 0 Å². The Bertz CT molecular complexity index is 564. The maximum atomic E-state index is 5.44. The number of hydrogen-bond donors (Lipinski definition) is 1. The van der Waals surface area contributed by atoms with Crippen LogP contribution in [0.5, 0.6) is 0 Å². The van der Waals surface area contributed by atoms with Crippen LogP contribution in [-0.4, -0.2) is 42.3 Å². The quantitative estimate of drug-likeness (QED) is 0.928. The lowest BCUT2D eigenvalue weighted by Crippen LogP contribution is -2.43. The fraction of sp³-hybridized carbons (Fsp3) is 0.778. The van der Waals surface area contributed by atoms with Crippen molar-refractivity contribution in [3.05, 3.63) is 17.5 Å². The van der Waals surface area contributed by atoms with Gasteiger partial charge < -0.3 is 15.0 Å². The Hall–Kier alpha value is -1.20. The molecule has 3 aliphatic rings. The molecule has 2 fully saturated rings. The van der Waals surface area contributed by atoms with Crippen LogP contribution in [-0.2, 0) is 11.2 Å². The summed E-state index contributed by atoms with van der Waals surface area (Å²) in [5.74, 6) is 0.882. The van der Waals surface area contributed by atoms with Gasteiger partial charge in [0.1, 0.15) is 0 Å². The molecule has 1 aliphatic heterocycles. The van der Waals surface area contributed by atoms with Gasteiger partial charge in [-0.3, -0.25) is 0 Å². The van der Waals surface area contributed by atoms with Crippen molar-refractivity contribution in [2.75, 3.05) is 31.2 Å². The van der Waals surface area contributed by atoms with E-state index in [-0.39, 0.29) is 0 Å². The lowest BCUT2D eigenvalue weighted by Gasteiger charge is -2.40. The number of morpholine rings is 1. The van der Waals surface area contributed by atoms with Crippen LogP contribution in [0, 0.1) is 5.41 Å². The molecule has 1 aromatic rings. The molecule has 1 saturated carbocycles. The summed E-state index contributed by atoms with van der Waals surface area (Å²) >= 11 is 0. The fourth-order valence-corrected chi connectivity index (χ4v) is 3.96. The first kappa shape index (κ1) is 15.3. The van der Waals surface area contributed by atoms with E-state index in [0.29, 0.717) is 17.5 Å². The minimum absolute atomic E-state index is 0.297. The first-order valence-electron chi connectivity index (χ1n) is 9.05. The van der Waals surface area contributed by atoms with Crippen LogP contribution < -0.4 is 10.2 Å². The molecular weight excluding hydrogens is 288 g/mol. The van der Waals surface area contributed by atoms with Crippen molar-refractivity contribution in [1.82, 2.24) is 15.3 Å². The summed E-state index contributed by atoms with van der Waals surface area (Å²) in [6.07, 6.45) is 8.31. The van der Waals surface area contributed by atoms with Crippen molar-refractivity contribution < 1.29 is 4.74 Å². The van der Waals surface area contributed by atoms with Gasteiger partial charge in [-0.15, -0.1) is 0 Å². The van der Waals surface area contributed by atoms with Gasteiger partial charge in [0.25, 0.3) is 0 Å². The second-order valence-corrected chi connectivity index (χ2v) is 8.06. The molecule has 5 heteroatoms. The van der Waals surface area contributed by atoms with Crippen LogP contribution in [0.3, 0.4) is 0 Å². The molecule has 0 spiro atoms. The van der Waals surface area contributed by atoms with Crippen LogP contribution in [0.25, 0.3) is 0 Å². The lowest BCUT2D eigenvalue weighted by molar-refractivity contribution is 0.122. The average Bonchev–Trinajstić information content (AvgIpc) is 2.50. The van der Waals surface area contributed by atoms with E-state index in [9.17, 15) is 0 Å². The highest BCUT2D eigenvalue weighted by atomic mass is 16.5. The minimum atomic E-state index is 0.297. The highest BCUT2D eigenvalue weighted by Crippen LogP contribution is 2.41. The van der Waals surface area contributed by atoms with Gasteiger partial charge >= 0.3 is 0 Å². The summed E-state index contributed by atoms with van der Waals surface area (Å²) in [7, 11) is 0. The van der Waals surface area contributed by atoms with Crippen molar-refractivity contribution in [1.29, 1.82) is 0 Å². The third-order valence-electron chi connectivity index (χ3n) is 5.50. The van der Waals surface area contributed by atoms with Crippen LogP contribution in [0.2, 0.25) is 0 Å². The molecule has 126 valence electrons. The number of fused-ring (bicyclic) bond motifs is 1. The summed E-state index contributed by atoms with van der Waals surface area (Å²) in [6.45, 7) is 8.07. The number of nitrogens with one attached hydrogen (secondary N) is 1. The number of hydrogen-bond acceptors (Lipinski definition) is 5. The summed E-state index contributed by atoms with van der Waals surface area (Å²) in [5.41, 5.74) is 2.87. The molecule has 2 heterocycles. The van der Waals surface area contributed by atoms with E-state index in [0.717, 1.165) is 38.7 Å². The maximum absolute atomic E-state index is 5.44. The summed E-state index contributed by atoms with van der Waals surface area (Å²) < 4.78 is 5.44. The molecule has 4 rings (SSSR count). The zero-order valence-electron chi connectivity index (χ0n) is 14.3. The predicted molar refractivity (Wildman–Crippen MR) is 90.7 cm³/mol. The zero-order chi connectivity index (χ0) is 15.9. The van der Waals surface area contributed by atoms with Crippen molar-refractivity contribution in [2.45, 2.75) is 58.0 Å². The van der Waals surface area contributed by atoms with Gasteiger partial charge in [-0.25, -0.2) is 9.97 Å². The molecule has 1 saturated heterocycles. The average molecular weight is 316 g/mol. The Labute approximate surface area is 138 Å². The molecule has 0 bridgehead atoms. The van der Waals surface area contributed by atoms with Gasteiger partial charge in [-0.05, 0) is 31.1 Å². The van der Waals surface area contributed by atoms with Crippen molar-refractivity contribution in [2.24, 2.45) is 5.41 Å². The van der Waals surface area contributed by atoms with E-state index in [1.807, 2.05) is 0 Å². The topological polar surface area (TPSA) is 50.3 Å². The molecule has 23 heavy (non-hydrogen) atoms. The third kappa shape index (κ3) is 3.22. The molecule has 1 atom stereocenters. The number of nitrogens with zero attached hydrogens (tertiary/aromatic N) is 3. The van der Waals surface area contributed by atoms with Crippen molar-refractivity contribution >= 4 is 5.95 Å². The van der Waals surface area contributed by atoms with E-state index in [2.05, 4.69) is 35.2 Å². The van der Waals surface area contributed by atoms with Crippen molar-refractivity contribution in [3.63, 3.8) is 0 Å². The Kier molecular flexibility index (Phi) is 4.01. The monoisotopic (exact) mass is 316 g/mol. The van der Waals surface area contributed by atoms with E-state index in [1.165, 1.54) is 36.9 Å². The molecular formula is C18H28N4O. The minimum Gasteiger partial charge on any atom is -0.378 e. The number of rotatable bonds is 3. The van der Waals surface area contributed by atoms with Crippen LogP contribution >= 0.6 is 0 Å². The van der Waals surface area contributed by atoms with Crippen LogP contribution in [0.1, 0.15) is 56.8 Å². The molecule has 2 aliphatic carbocycles. The zero-order valence-corrected chi connectivity index (χ0v) is 14.3. The first-order chi connectivity index (χ1) is 11.1. The van der Waals surface area contributed by atoms with E-state index >= 15 is 0 Å². The number of aromatic nitrogens is 2. The molecule has 0 radical (unpaired) electrons. The van der Waals surface area contributed by atoms with Crippen molar-refractivity contribution in [3.8, 4) is 0 Å². The second kappa shape index (κ2) is 6.02. The smallest absolute Gasteiger partial charge is 0.225 e. The standard InChI is InChI=1S/C18H28N4O/c1-18(2)10-15(20-13-4-3-5-13)14-12-19-17(21-16(14)11-18)22-6-8-23-9-7-22/h12-13,15,20H,3-11H2,1-2H3/t15-/m0/s1. The highest BCUT2D eigenvalue weighted by Gasteiger charge is 2.35. The Morgan fingerprint density at radius 3 is 2.74 bits per heavy atom. The SMILES string of the molecule is CC1(C)Cc2nc(N3CCOCC3)ncc2[C@@H](NC2CCC2)C1. The van der Waals surface area contributed by atoms with E-state index in [4.69, 9.17) is 9.72 Å². The third-order valence-corrected chi connectivity index (χ3v) is 5.50. The van der Waals surface area contributed by atoms with Crippen LogP contribution in [0.15, 0.2) is 6.20 Å². The molecule has 0 unspecified atom stereocenters. The Morgan fingerprint density at radius 2 is 2.04 bits per heavy atom. The molecule has 1 aromatic heterocycles. The summed E-state index contributed by atoms with van der Waals surface area (Å²) in [5, 5.41) is 3.85. The summed E-state index contributed by atoms with van der Waals surface area (Å²) in [4.78, 5) is 11.9. The number of anilines is 1. The Balaban J connectivity index is 1.59. The largest absolute Gasteiger partial charge is 0.378 e. The molecule has 5 nitrogen and oxygen atoms in total. The van der Waals surface area contributed by atoms with Gasteiger partial charge in [-0.1, -0.05) is 20.3 Å². The predicted octanol–water partition coefficient (Wildman–Crippen LogP) is 2.47. The second-order valence-electron chi connectivity index (χ2n) is 8.06. The molecule has 0 amide bonds. The lowest BCUT2D eigenvalue weighted by atomic mass is 9.73. The molecule has 1 N–H and O–H groups in total. The van der Waals surface area contributed by atoms with Gasteiger partial charge in [0.05, 0.1) is 18.9 Å². The van der Waals surface area contributed by atoms with E-state index in [1.54, 1.807) is 0 Å². The van der Waals surface area contributed by atoms with Gasteiger partial charge in [-0.2, -0.15) is 0 Å². The van der Waals surface area contributed by atoms with Gasteiger partial charge in [0, 0.05) is 36.9 Å². The summed E-state index contributed by atoms with van der Waals surface area (Å²) in [6, 6.07) is 1.11. The highest BCUT2D eigenvalue weighted by molar-refractivity contribution is 5.36. The normalized spacial score (nSPS) is 27.4. The first-order valence-corrected chi connectivity index (χ1v) is 9.05. The number of ether oxygens (including phenoxy) is 1. The molecule has 0 aromatic carbocycles. The fourth-order valence-electron chi connectivity index (χ4n) is 3.96. The van der Waals surface area contributed by atoms with Gasteiger partial charge in [0.2, 0.25) is 5.95 Å². The van der Waals surface area contributed by atoms with Crippen LogP contribution in [0.4, 0.5) is 5.95 Å².